The molecule has 2 saturated heterocycles. The van der Waals surface area contributed by atoms with Crippen LogP contribution in [0.3, 0.4) is 0 Å². The third-order valence-corrected chi connectivity index (χ3v) is 7.90. The Kier molecular flexibility index (Phi) is 11.8. The summed E-state index contributed by atoms with van der Waals surface area (Å²) < 4.78 is 26.2. The predicted molar refractivity (Wildman–Crippen MR) is 153 cm³/mol. The molecule has 3 unspecified atom stereocenters. The summed E-state index contributed by atoms with van der Waals surface area (Å²) in [6, 6.07) is 2.12. The van der Waals surface area contributed by atoms with Gasteiger partial charge in [0.05, 0.1) is 24.7 Å². The number of halogens is 2. The lowest BCUT2D eigenvalue weighted by Crippen LogP contribution is -2.42. The van der Waals surface area contributed by atoms with Gasteiger partial charge in [-0.1, -0.05) is 33.6 Å². The number of fused-ring (bicyclic) bond motifs is 1. The second kappa shape index (κ2) is 15.1. The number of amides is 4. The standard InChI is InChI=1S/C14H21FN2O2.C12H11FN4O3.C4H10/c15-14(5-6-14)13(19)16-7-12(18)17-8-10-3-1-2-4-11(10)9-17;13-8-2-10(19)11(15-4-8)16-12(20)7-1-9(3-14)17(5-7)6-18;1-4(2)3/h10-11H,1-9H2,(H,16,19);2,4,6-7,9,19H,1,5H2,(H,15,16,20);4H,1-3H3/t;7?,9-;/m.0./s1. The molecule has 0 aromatic carbocycles. The summed E-state index contributed by atoms with van der Waals surface area (Å²) >= 11 is 0. The van der Waals surface area contributed by atoms with Gasteiger partial charge in [0.15, 0.2) is 17.2 Å². The van der Waals surface area contributed by atoms with Crippen LogP contribution in [0.4, 0.5) is 14.6 Å². The molecular formula is C30H42F2N6O5. The molecule has 4 amide bonds. The van der Waals surface area contributed by atoms with E-state index in [0.29, 0.717) is 31.1 Å². The Hall–Kier alpha value is -3.82. The van der Waals surface area contributed by atoms with Crippen molar-refractivity contribution in [2.45, 2.75) is 77.4 Å². The highest BCUT2D eigenvalue weighted by Crippen LogP contribution is 2.40. The summed E-state index contributed by atoms with van der Waals surface area (Å²) in [5, 5.41) is 23.1. The van der Waals surface area contributed by atoms with Crippen molar-refractivity contribution < 1.29 is 33.1 Å². The average molecular weight is 605 g/mol. The zero-order valence-corrected chi connectivity index (χ0v) is 25.0. The highest BCUT2D eigenvalue weighted by Gasteiger charge is 2.51. The van der Waals surface area contributed by atoms with Crippen LogP contribution in [0.5, 0.6) is 5.75 Å². The summed E-state index contributed by atoms with van der Waals surface area (Å²) in [4.78, 5) is 52.8. The van der Waals surface area contributed by atoms with E-state index in [2.05, 4.69) is 36.4 Å². The number of rotatable bonds is 6. The van der Waals surface area contributed by atoms with E-state index in [4.69, 9.17) is 5.26 Å². The number of carbonyl (C=O) groups excluding carboxylic acids is 4. The number of hydrogen-bond acceptors (Lipinski definition) is 7. The van der Waals surface area contributed by atoms with Crippen LogP contribution in [0.25, 0.3) is 0 Å². The Morgan fingerprint density at radius 3 is 2.28 bits per heavy atom. The number of aromatic nitrogens is 1. The molecule has 236 valence electrons. The molecule has 2 aliphatic heterocycles. The molecule has 43 heavy (non-hydrogen) atoms. The highest BCUT2D eigenvalue weighted by atomic mass is 19.1. The van der Waals surface area contributed by atoms with Crippen LogP contribution in [0, 0.1) is 40.8 Å². The van der Waals surface area contributed by atoms with E-state index in [1.807, 2.05) is 11.0 Å². The maximum atomic E-state index is 13.4. The van der Waals surface area contributed by atoms with Crippen molar-refractivity contribution in [3.05, 3.63) is 18.1 Å². The number of likely N-dealkylation sites (tertiary alicyclic amines) is 2. The first-order valence-electron chi connectivity index (χ1n) is 14.9. The van der Waals surface area contributed by atoms with E-state index < -0.39 is 41.0 Å². The van der Waals surface area contributed by atoms with Crippen LogP contribution < -0.4 is 10.6 Å². The van der Waals surface area contributed by atoms with Crippen LogP contribution in [-0.4, -0.2) is 81.9 Å². The number of pyridine rings is 1. The minimum absolute atomic E-state index is 0.0516. The molecule has 11 nitrogen and oxygen atoms in total. The van der Waals surface area contributed by atoms with Gasteiger partial charge in [0.1, 0.15) is 11.9 Å². The number of nitrogens with zero attached hydrogens (tertiary/aromatic N) is 4. The molecule has 3 heterocycles. The van der Waals surface area contributed by atoms with Crippen molar-refractivity contribution >= 4 is 29.9 Å². The summed E-state index contributed by atoms with van der Waals surface area (Å²) in [6.45, 7) is 8.21. The quantitative estimate of drug-likeness (QED) is 0.421. The molecule has 2 saturated carbocycles. The van der Waals surface area contributed by atoms with Gasteiger partial charge in [-0.25, -0.2) is 13.8 Å². The lowest BCUT2D eigenvalue weighted by atomic mass is 9.82. The first kappa shape index (κ1) is 33.7. The zero-order chi connectivity index (χ0) is 31.7. The average Bonchev–Trinajstić information content (AvgIpc) is 3.38. The molecule has 2 aliphatic carbocycles. The fraction of sp³-hybridized carbons (Fsp3) is 0.667. The first-order valence-corrected chi connectivity index (χ1v) is 14.9. The smallest absolute Gasteiger partial charge is 0.258 e. The molecule has 13 heteroatoms. The fourth-order valence-electron chi connectivity index (χ4n) is 5.41. The van der Waals surface area contributed by atoms with Gasteiger partial charge in [0.2, 0.25) is 18.2 Å². The van der Waals surface area contributed by atoms with E-state index in [9.17, 15) is 33.1 Å². The molecule has 0 bridgehead atoms. The van der Waals surface area contributed by atoms with Crippen molar-refractivity contribution in [3.8, 4) is 11.8 Å². The van der Waals surface area contributed by atoms with Gasteiger partial charge in [0, 0.05) is 25.7 Å². The summed E-state index contributed by atoms with van der Waals surface area (Å²) in [6.07, 6.45) is 7.15. The van der Waals surface area contributed by atoms with E-state index in [-0.39, 0.29) is 31.2 Å². The Morgan fingerprint density at radius 2 is 1.79 bits per heavy atom. The molecular weight excluding hydrogens is 562 g/mol. The van der Waals surface area contributed by atoms with Gasteiger partial charge < -0.3 is 25.5 Å². The van der Waals surface area contributed by atoms with Gasteiger partial charge in [0.25, 0.3) is 5.91 Å². The van der Waals surface area contributed by atoms with Crippen molar-refractivity contribution in [3.63, 3.8) is 0 Å². The molecule has 0 radical (unpaired) electrons. The Morgan fingerprint density at radius 1 is 1.19 bits per heavy atom. The molecule has 5 rings (SSSR count). The maximum Gasteiger partial charge on any atom is 0.258 e. The first-order chi connectivity index (χ1) is 20.4. The summed E-state index contributed by atoms with van der Waals surface area (Å²) in [5.74, 6) is -0.980. The Balaban J connectivity index is 0.000000210. The number of carbonyl (C=O) groups is 4. The van der Waals surface area contributed by atoms with Gasteiger partial charge in [-0.05, 0) is 49.9 Å². The monoisotopic (exact) mass is 604 g/mol. The van der Waals surface area contributed by atoms with Crippen molar-refractivity contribution in [2.24, 2.45) is 23.7 Å². The number of nitriles is 1. The highest BCUT2D eigenvalue weighted by molar-refractivity contribution is 5.93. The van der Waals surface area contributed by atoms with E-state index in [1.54, 1.807) is 0 Å². The number of anilines is 1. The molecule has 4 atom stereocenters. The van der Waals surface area contributed by atoms with E-state index in [0.717, 1.165) is 31.3 Å². The Bertz CT molecular complexity index is 1190. The zero-order valence-electron chi connectivity index (χ0n) is 25.0. The van der Waals surface area contributed by atoms with E-state index >= 15 is 0 Å². The summed E-state index contributed by atoms with van der Waals surface area (Å²) in [7, 11) is 0. The van der Waals surface area contributed by atoms with Crippen LogP contribution in [-0.2, 0) is 19.2 Å². The van der Waals surface area contributed by atoms with Crippen LogP contribution in [0.1, 0.15) is 65.7 Å². The third-order valence-electron chi connectivity index (χ3n) is 7.90. The number of aromatic hydroxyl groups is 1. The minimum Gasteiger partial charge on any atom is -0.504 e. The lowest BCUT2D eigenvalue weighted by Gasteiger charge is -2.22. The second-order valence-corrected chi connectivity index (χ2v) is 12.4. The predicted octanol–water partition coefficient (Wildman–Crippen LogP) is 3.15. The van der Waals surface area contributed by atoms with Crippen LogP contribution in [0.2, 0.25) is 0 Å². The molecule has 4 aliphatic rings. The maximum absolute atomic E-state index is 13.4. The number of nitrogens with one attached hydrogen (secondary N) is 2. The molecule has 1 aromatic heterocycles. The van der Waals surface area contributed by atoms with E-state index in [1.165, 1.54) is 30.6 Å². The van der Waals surface area contributed by atoms with Gasteiger partial charge in [-0.15, -0.1) is 0 Å². The SMILES string of the molecule is CC(C)C.N#C[C@@H]1CC(C(=O)Nc2ncc(F)cc2O)CN1C=O.O=C(CNC(=O)C1(F)CC1)N1CC2CCCCC2C1. The van der Waals surface area contributed by atoms with Gasteiger partial charge in [-0.3, -0.25) is 19.2 Å². The molecule has 4 fully saturated rings. The third kappa shape index (κ3) is 9.59. The topological polar surface area (TPSA) is 156 Å². The molecule has 3 N–H and O–H groups in total. The minimum atomic E-state index is -1.68. The van der Waals surface area contributed by atoms with Gasteiger partial charge in [-0.2, -0.15) is 5.26 Å². The Labute approximate surface area is 251 Å². The number of hydrogen-bond donors (Lipinski definition) is 3. The largest absolute Gasteiger partial charge is 0.504 e. The van der Waals surface area contributed by atoms with Crippen molar-refractivity contribution in [2.75, 3.05) is 31.5 Å². The van der Waals surface area contributed by atoms with Crippen molar-refractivity contribution in [1.29, 1.82) is 5.26 Å². The molecule has 1 aromatic rings. The van der Waals surface area contributed by atoms with Crippen LogP contribution >= 0.6 is 0 Å². The van der Waals surface area contributed by atoms with Crippen LogP contribution in [0.15, 0.2) is 12.3 Å². The lowest BCUT2D eigenvalue weighted by molar-refractivity contribution is -0.134. The number of alkyl halides is 1. The van der Waals surface area contributed by atoms with Crippen molar-refractivity contribution in [1.82, 2.24) is 20.1 Å². The van der Waals surface area contributed by atoms with Gasteiger partial charge >= 0.3 is 0 Å². The fourth-order valence-corrected chi connectivity index (χ4v) is 5.41. The summed E-state index contributed by atoms with van der Waals surface area (Å²) in [5.41, 5.74) is -1.68. The molecule has 0 spiro atoms. The normalized spacial score (nSPS) is 24.8. The second-order valence-electron chi connectivity index (χ2n) is 12.4.